The Hall–Kier alpha value is -1.63. The minimum absolute atomic E-state index is 0.114. The van der Waals surface area contributed by atoms with Crippen molar-refractivity contribution in [2.45, 2.75) is 0 Å². The summed E-state index contributed by atoms with van der Waals surface area (Å²) in [7, 11) is 0. The van der Waals surface area contributed by atoms with Gasteiger partial charge in [-0.3, -0.25) is 10.2 Å². The summed E-state index contributed by atoms with van der Waals surface area (Å²) in [6, 6.07) is 13.4. The van der Waals surface area contributed by atoms with Crippen LogP contribution in [0.4, 0.5) is 5.69 Å². The quantitative estimate of drug-likeness (QED) is 0.685. The van der Waals surface area contributed by atoms with Gasteiger partial charge in [0.1, 0.15) is 0 Å². The number of hydrogen-bond donors (Lipinski definition) is 1. The second kappa shape index (κ2) is 5.78. The van der Waals surface area contributed by atoms with Gasteiger partial charge in [0.15, 0.2) is 4.32 Å². The molecular weight excluding hydrogens is 308 g/mol. The van der Waals surface area contributed by atoms with Crippen molar-refractivity contribution < 1.29 is 4.79 Å². The van der Waals surface area contributed by atoms with Gasteiger partial charge in [0, 0.05) is 4.88 Å². The highest BCUT2D eigenvalue weighted by Gasteiger charge is 2.32. The van der Waals surface area contributed by atoms with Gasteiger partial charge in [0.2, 0.25) is 0 Å². The van der Waals surface area contributed by atoms with E-state index in [9.17, 15) is 4.79 Å². The molecule has 0 unspecified atom stereocenters. The molecule has 3 rings (SSSR count). The number of hydrazine groups is 1. The van der Waals surface area contributed by atoms with Gasteiger partial charge in [-0.2, -0.15) is 0 Å². The van der Waals surface area contributed by atoms with Crippen molar-refractivity contribution in [2.75, 3.05) is 5.43 Å². The third kappa shape index (κ3) is 2.77. The van der Waals surface area contributed by atoms with E-state index in [2.05, 4.69) is 5.43 Å². The number of anilines is 1. The van der Waals surface area contributed by atoms with Crippen LogP contribution in [0.1, 0.15) is 4.88 Å². The molecule has 1 aliphatic rings. The highest BCUT2D eigenvalue weighted by atomic mass is 32.2. The fourth-order valence-corrected chi connectivity index (χ4v) is 3.61. The number of thioether (sulfide) groups is 1. The van der Waals surface area contributed by atoms with Gasteiger partial charge >= 0.3 is 0 Å². The van der Waals surface area contributed by atoms with Crippen LogP contribution in [-0.2, 0) is 4.79 Å². The Bertz CT molecular complexity index is 665. The van der Waals surface area contributed by atoms with Crippen molar-refractivity contribution in [3.63, 3.8) is 0 Å². The first-order chi connectivity index (χ1) is 9.74. The lowest BCUT2D eigenvalue weighted by Crippen LogP contribution is -2.33. The average molecular weight is 318 g/mol. The number of hydrogen-bond acceptors (Lipinski definition) is 5. The zero-order valence-corrected chi connectivity index (χ0v) is 12.7. The van der Waals surface area contributed by atoms with Gasteiger partial charge in [0.25, 0.3) is 5.91 Å². The van der Waals surface area contributed by atoms with Crippen LogP contribution in [0.2, 0.25) is 0 Å². The largest absolute Gasteiger partial charge is 0.290 e. The van der Waals surface area contributed by atoms with Crippen LogP contribution in [0.3, 0.4) is 0 Å². The first-order valence-corrected chi connectivity index (χ1v) is 7.97. The number of thiocarbonyl (C=S) groups is 1. The standard InChI is InChI=1S/C14H10N2OS3/c17-13-12(9-11-7-4-8-19-11)20-14(18)16(13)15-10-5-2-1-3-6-10/h1-9,15H/b12-9-. The molecule has 1 fully saturated rings. The summed E-state index contributed by atoms with van der Waals surface area (Å²) in [6.45, 7) is 0. The molecule has 0 aliphatic carbocycles. The van der Waals surface area contributed by atoms with E-state index in [1.807, 2.05) is 53.9 Å². The van der Waals surface area contributed by atoms with Crippen LogP contribution < -0.4 is 5.43 Å². The fraction of sp³-hybridized carbons (Fsp3) is 0. The van der Waals surface area contributed by atoms with E-state index in [0.29, 0.717) is 9.23 Å². The Labute approximate surface area is 130 Å². The van der Waals surface area contributed by atoms with E-state index in [1.165, 1.54) is 16.8 Å². The number of nitrogens with zero attached hydrogens (tertiary/aromatic N) is 1. The van der Waals surface area contributed by atoms with E-state index >= 15 is 0 Å². The lowest BCUT2D eigenvalue weighted by atomic mass is 10.3. The summed E-state index contributed by atoms with van der Waals surface area (Å²) in [4.78, 5) is 14.0. The van der Waals surface area contributed by atoms with E-state index in [0.717, 1.165) is 10.6 Å². The average Bonchev–Trinajstić information content (AvgIpc) is 3.05. The normalized spacial score (nSPS) is 17.0. The van der Waals surface area contributed by atoms with E-state index in [4.69, 9.17) is 12.2 Å². The zero-order valence-electron chi connectivity index (χ0n) is 10.3. The molecule has 0 atom stereocenters. The third-order valence-corrected chi connectivity index (χ3v) is 4.75. The van der Waals surface area contributed by atoms with Gasteiger partial charge in [0.05, 0.1) is 10.6 Å². The number of amides is 1. The molecule has 6 heteroatoms. The molecule has 1 aromatic heterocycles. The number of rotatable bonds is 3. The van der Waals surface area contributed by atoms with E-state index in [1.54, 1.807) is 11.3 Å². The molecule has 0 bridgehead atoms. The maximum Gasteiger partial charge on any atom is 0.285 e. The lowest BCUT2D eigenvalue weighted by molar-refractivity contribution is -0.121. The molecule has 0 saturated carbocycles. The Balaban J connectivity index is 1.81. The molecule has 1 amide bonds. The van der Waals surface area contributed by atoms with Crippen LogP contribution >= 0.6 is 35.3 Å². The second-order valence-corrected chi connectivity index (χ2v) is 6.67. The molecule has 0 radical (unpaired) electrons. The van der Waals surface area contributed by atoms with Crippen LogP contribution in [0.5, 0.6) is 0 Å². The molecule has 3 nitrogen and oxygen atoms in total. The number of para-hydroxylation sites is 1. The first-order valence-electron chi connectivity index (χ1n) is 5.87. The molecular formula is C14H10N2OS3. The topological polar surface area (TPSA) is 32.3 Å². The van der Waals surface area contributed by atoms with Gasteiger partial charge in [-0.15, -0.1) is 11.3 Å². The van der Waals surface area contributed by atoms with Crippen LogP contribution in [0, 0.1) is 0 Å². The minimum Gasteiger partial charge on any atom is -0.290 e. The summed E-state index contributed by atoms with van der Waals surface area (Å²) in [6.07, 6.45) is 1.87. The molecule has 1 aromatic carbocycles. The van der Waals surface area contributed by atoms with E-state index in [-0.39, 0.29) is 5.91 Å². The molecule has 1 aliphatic heterocycles. The number of carbonyl (C=O) groups excluding carboxylic acids is 1. The molecule has 1 N–H and O–H groups in total. The zero-order chi connectivity index (χ0) is 13.9. The smallest absolute Gasteiger partial charge is 0.285 e. The Morgan fingerprint density at radius 3 is 2.65 bits per heavy atom. The predicted octanol–water partition coefficient (Wildman–Crippen LogP) is 3.98. The highest BCUT2D eigenvalue weighted by molar-refractivity contribution is 8.26. The fourth-order valence-electron chi connectivity index (χ4n) is 1.71. The van der Waals surface area contributed by atoms with Crippen molar-refractivity contribution in [1.82, 2.24) is 5.01 Å². The first kappa shape index (κ1) is 13.4. The van der Waals surface area contributed by atoms with Gasteiger partial charge in [-0.05, 0) is 41.9 Å². The molecule has 1 saturated heterocycles. The predicted molar refractivity (Wildman–Crippen MR) is 89.4 cm³/mol. The van der Waals surface area contributed by atoms with Crippen molar-refractivity contribution in [3.8, 4) is 0 Å². The molecule has 2 heterocycles. The van der Waals surface area contributed by atoms with Crippen molar-refractivity contribution in [1.29, 1.82) is 0 Å². The van der Waals surface area contributed by atoms with Gasteiger partial charge in [-0.25, -0.2) is 5.01 Å². The van der Waals surface area contributed by atoms with Crippen LogP contribution in [0.25, 0.3) is 6.08 Å². The molecule has 2 aromatic rings. The minimum atomic E-state index is -0.114. The maximum atomic E-state index is 12.3. The number of nitrogens with one attached hydrogen (secondary N) is 1. The summed E-state index contributed by atoms with van der Waals surface area (Å²) >= 11 is 8.16. The highest BCUT2D eigenvalue weighted by Crippen LogP contribution is 2.33. The second-order valence-electron chi connectivity index (χ2n) is 4.01. The van der Waals surface area contributed by atoms with Crippen molar-refractivity contribution in [2.24, 2.45) is 0 Å². The summed E-state index contributed by atoms with van der Waals surface area (Å²) in [5.41, 5.74) is 3.87. The van der Waals surface area contributed by atoms with Gasteiger partial charge < -0.3 is 0 Å². The summed E-state index contributed by atoms with van der Waals surface area (Å²) < 4.78 is 0.515. The molecule has 0 spiro atoms. The summed E-state index contributed by atoms with van der Waals surface area (Å²) in [5.74, 6) is -0.114. The third-order valence-electron chi connectivity index (χ3n) is 2.62. The summed E-state index contributed by atoms with van der Waals surface area (Å²) in [5, 5.41) is 3.39. The maximum absolute atomic E-state index is 12.3. The van der Waals surface area contributed by atoms with Crippen LogP contribution in [-0.4, -0.2) is 15.2 Å². The molecule has 20 heavy (non-hydrogen) atoms. The van der Waals surface area contributed by atoms with E-state index < -0.39 is 0 Å². The van der Waals surface area contributed by atoms with Gasteiger partial charge in [-0.1, -0.05) is 36.0 Å². The monoisotopic (exact) mass is 318 g/mol. The van der Waals surface area contributed by atoms with Crippen molar-refractivity contribution >= 4 is 57.3 Å². The molecule has 100 valence electrons. The van der Waals surface area contributed by atoms with Crippen molar-refractivity contribution in [3.05, 3.63) is 57.6 Å². The Morgan fingerprint density at radius 1 is 1.15 bits per heavy atom. The number of carbonyl (C=O) groups is 1. The Kier molecular flexibility index (Phi) is 3.86. The number of benzene rings is 1. The SMILES string of the molecule is O=C1/C(=C/c2cccs2)SC(=S)N1Nc1ccccc1. The van der Waals surface area contributed by atoms with Crippen LogP contribution in [0.15, 0.2) is 52.7 Å². The lowest BCUT2D eigenvalue weighted by Gasteiger charge is -2.16. The number of thiophene rings is 1. The Morgan fingerprint density at radius 2 is 1.95 bits per heavy atom.